The molecule has 3 rings (SSSR count). The van der Waals surface area contributed by atoms with Crippen LogP contribution in [0.5, 0.6) is 5.88 Å². The van der Waals surface area contributed by atoms with E-state index in [2.05, 4.69) is 30.8 Å². The highest BCUT2D eigenvalue weighted by Gasteiger charge is 2.09. The van der Waals surface area contributed by atoms with Crippen molar-refractivity contribution >= 4 is 29.2 Å². The first kappa shape index (κ1) is 17.9. The summed E-state index contributed by atoms with van der Waals surface area (Å²) in [6.45, 7) is 4.29. The Kier molecular flexibility index (Phi) is 5.52. The summed E-state index contributed by atoms with van der Waals surface area (Å²) >= 11 is 6.15. The van der Waals surface area contributed by atoms with Gasteiger partial charge in [0.15, 0.2) is 5.82 Å². The van der Waals surface area contributed by atoms with Gasteiger partial charge < -0.3 is 15.4 Å². The molecule has 0 amide bonds. The van der Waals surface area contributed by atoms with E-state index in [-0.39, 0.29) is 11.9 Å². The predicted molar refractivity (Wildman–Crippen MR) is 98.4 cm³/mol. The van der Waals surface area contributed by atoms with Crippen molar-refractivity contribution < 1.29 is 9.13 Å². The topological polar surface area (TPSA) is 87.8 Å². The van der Waals surface area contributed by atoms with Crippen LogP contribution in [0.25, 0.3) is 0 Å². The first-order chi connectivity index (χ1) is 12.5. The Balaban J connectivity index is 1.67. The van der Waals surface area contributed by atoms with Gasteiger partial charge in [-0.1, -0.05) is 23.7 Å². The number of nitrogens with one attached hydrogen (secondary N) is 3. The Morgan fingerprint density at radius 2 is 2.04 bits per heavy atom. The van der Waals surface area contributed by atoms with Crippen LogP contribution in [0.1, 0.15) is 19.4 Å². The van der Waals surface area contributed by atoms with Crippen molar-refractivity contribution in [2.24, 2.45) is 0 Å². The normalized spacial score (nSPS) is 10.8. The van der Waals surface area contributed by atoms with E-state index in [9.17, 15) is 4.39 Å². The Morgan fingerprint density at radius 3 is 2.77 bits per heavy atom. The van der Waals surface area contributed by atoms with E-state index in [1.807, 2.05) is 13.8 Å². The molecule has 0 aliphatic carbocycles. The van der Waals surface area contributed by atoms with E-state index in [0.717, 1.165) is 5.56 Å². The van der Waals surface area contributed by atoms with Crippen molar-refractivity contribution in [1.29, 1.82) is 0 Å². The average Bonchev–Trinajstić information content (AvgIpc) is 3.03. The molecule has 0 radical (unpaired) electrons. The third-order valence-corrected chi connectivity index (χ3v) is 3.55. The van der Waals surface area contributed by atoms with Gasteiger partial charge in [0.2, 0.25) is 11.8 Å². The summed E-state index contributed by atoms with van der Waals surface area (Å²) in [5, 5.41) is 13.3. The lowest BCUT2D eigenvalue weighted by Gasteiger charge is -2.09. The predicted octanol–water partition coefficient (Wildman–Crippen LogP) is 4.14. The molecular formula is C17H18ClFN6O. The third kappa shape index (κ3) is 4.82. The fourth-order valence-electron chi connectivity index (χ4n) is 2.12. The van der Waals surface area contributed by atoms with Gasteiger partial charge in [0.1, 0.15) is 16.7 Å². The summed E-state index contributed by atoms with van der Waals surface area (Å²) in [6, 6.07) is 7.91. The number of H-pyrrole nitrogens is 1. The smallest absolute Gasteiger partial charge is 0.234 e. The summed E-state index contributed by atoms with van der Waals surface area (Å²) in [6.07, 6.45) is 1.52. The maximum atomic E-state index is 12.9. The van der Waals surface area contributed by atoms with Crippen molar-refractivity contribution in [1.82, 2.24) is 20.2 Å². The van der Waals surface area contributed by atoms with E-state index in [0.29, 0.717) is 35.0 Å². The van der Waals surface area contributed by atoms with Crippen LogP contribution in [0.3, 0.4) is 0 Å². The molecule has 0 unspecified atom stereocenters. The number of anilines is 3. The molecular weight excluding hydrogens is 359 g/mol. The Labute approximate surface area is 155 Å². The van der Waals surface area contributed by atoms with E-state index in [1.165, 1.54) is 18.3 Å². The van der Waals surface area contributed by atoms with E-state index >= 15 is 0 Å². The van der Waals surface area contributed by atoms with Crippen molar-refractivity contribution in [3.05, 3.63) is 52.9 Å². The fraction of sp³-hybridized carbons (Fsp3) is 0.235. The molecule has 1 aromatic carbocycles. The number of ether oxygens (including phenoxy) is 1. The second-order valence-electron chi connectivity index (χ2n) is 5.78. The second-order valence-corrected chi connectivity index (χ2v) is 6.19. The zero-order valence-corrected chi connectivity index (χ0v) is 15.0. The largest absolute Gasteiger partial charge is 0.474 e. The summed E-state index contributed by atoms with van der Waals surface area (Å²) in [7, 11) is 0. The SMILES string of the molecule is CC(C)Oc1cc(Nc2nc(NCc3ccc(F)cc3)ncc2Cl)[nH]n1. The molecule has 7 nitrogen and oxygen atoms in total. The summed E-state index contributed by atoms with van der Waals surface area (Å²) in [5.41, 5.74) is 0.906. The molecule has 0 aliphatic heterocycles. The number of hydrogen-bond donors (Lipinski definition) is 3. The van der Waals surface area contributed by atoms with Gasteiger partial charge in [-0.15, -0.1) is 5.10 Å². The average molecular weight is 377 g/mol. The van der Waals surface area contributed by atoms with Crippen LogP contribution in [0.15, 0.2) is 36.5 Å². The highest BCUT2D eigenvalue weighted by Crippen LogP contribution is 2.24. The fourth-order valence-corrected chi connectivity index (χ4v) is 2.26. The number of aromatic amines is 1. The zero-order valence-electron chi connectivity index (χ0n) is 14.3. The van der Waals surface area contributed by atoms with Crippen molar-refractivity contribution in [2.75, 3.05) is 10.6 Å². The molecule has 0 bridgehead atoms. The van der Waals surface area contributed by atoms with Crippen LogP contribution in [0, 0.1) is 5.82 Å². The van der Waals surface area contributed by atoms with Crippen LogP contribution in [0.2, 0.25) is 5.02 Å². The first-order valence-electron chi connectivity index (χ1n) is 7.99. The molecule has 3 N–H and O–H groups in total. The Morgan fingerprint density at radius 1 is 1.27 bits per heavy atom. The van der Waals surface area contributed by atoms with Crippen LogP contribution in [-0.4, -0.2) is 26.3 Å². The van der Waals surface area contributed by atoms with Crippen LogP contribution in [-0.2, 0) is 6.54 Å². The summed E-state index contributed by atoms with van der Waals surface area (Å²) in [4.78, 5) is 8.48. The zero-order chi connectivity index (χ0) is 18.5. The van der Waals surface area contributed by atoms with E-state index in [1.54, 1.807) is 18.2 Å². The molecule has 2 heterocycles. The maximum absolute atomic E-state index is 12.9. The summed E-state index contributed by atoms with van der Waals surface area (Å²) < 4.78 is 18.4. The number of halogens is 2. The molecule has 0 saturated carbocycles. The minimum absolute atomic E-state index is 0.0241. The number of nitrogens with zero attached hydrogens (tertiary/aromatic N) is 3. The molecule has 0 atom stereocenters. The summed E-state index contributed by atoms with van der Waals surface area (Å²) in [5.74, 6) is 1.60. The Hall–Kier alpha value is -2.87. The van der Waals surface area contributed by atoms with Gasteiger partial charge >= 0.3 is 0 Å². The number of rotatable bonds is 7. The molecule has 0 fully saturated rings. The van der Waals surface area contributed by atoms with Gasteiger partial charge in [0.05, 0.1) is 12.3 Å². The minimum atomic E-state index is -0.275. The number of hydrogen-bond acceptors (Lipinski definition) is 6. The maximum Gasteiger partial charge on any atom is 0.234 e. The lowest BCUT2D eigenvalue weighted by atomic mass is 10.2. The lowest BCUT2D eigenvalue weighted by Crippen LogP contribution is -2.06. The highest BCUT2D eigenvalue weighted by molar-refractivity contribution is 6.32. The molecule has 26 heavy (non-hydrogen) atoms. The van der Waals surface area contributed by atoms with Gasteiger partial charge in [0, 0.05) is 12.6 Å². The van der Waals surface area contributed by atoms with Crippen molar-refractivity contribution in [3.63, 3.8) is 0 Å². The third-order valence-electron chi connectivity index (χ3n) is 3.27. The number of aromatic nitrogens is 4. The molecule has 0 saturated heterocycles. The van der Waals surface area contributed by atoms with Crippen molar-refractivity contribution in [2.45, 2.75) is 26.5 Å². The van der Waals surface area contributed by atoms with Crippen molar-refractivity contribution in [3.8, 4) is 5.88 Å². The van der Waals surface area contributed by atoms with Crippen LogP contribution in [0.4, 0.5) is 22.0 Å². The standard InChI is InChI=1S/C17H18ClFN6O/c1-10(2)26-15-7-14(24-25-15)22-16-13(18)9-21-17(23-16)20-8-11-3-5-12(19)6-4-11/h3-7,9-10H,8H2,1-2H3,(H3,20,21,22,23,24,25). The van der Waals surface area contributed by atoms with E-state index < -0.39 is 0 Å². The molecule has 0 spiro atoms. The van der Waals surface area contributed by atoms with Gasteiger partial charge in [-0.25, -0.2) is 9.37 Å². The van der Waals surface area contributed by atoms with E-state index in [4.69, 9.17) is 16.3 Å². The van der Waals surface area contributed by atoms with Gasteiger partial charge in [0.25, 0.3) is 0 Å². The molecule has 9 heteroatoms. The monoisotopic (exact) mass is 376 g/mol. The molecule has 3 aromatic rings. The second kappa shape index (κ2) is 8.01. The van der Waals surface area contributed by atoms with Crippen LogP contribution < -0.4 is 15.4 Å². The molecule has 2 aromatic heterocycles. The van der Waals surface area contributed by atoms with Gasteiger partial charge in [-0.05, 0) is 31.5 Å². The van der Waals surface area contributed by atoms with Gasteiger partial charge in [-0.2, -0.15) is 4.98 Å². The highest BCUT2D eigenvalue weighted by atomic mass is 35.5. The number of benzene rings is 1. The Bertz CT molecular complexity index is 868. The van der Waals surface area contributed by atoms with Crippen LogP contribution >= 0.6 is 11.6 Å². The molecule has 136 valence electrons. The van der Waals surface area contributed by atoms with Gasteiger partial charge in [-0.3, -0.25) is 5.10 Å². The quantitative estimate of drug-likeness (QED) is 0.574. The molecule has 0 aliphatic rings. The first-order valence-corrected chi connectivity index (χ1v) is 8.37. The minimum Gasteiger partial charge on any atom is -0.474 e. The lowest BCUT2D eigenvalue weighted by molar-refractivity contribution is 0.232.